The molecule has 0 aromatic carbocycles. The van der Waals surface area contributed by atoms with Crippen LogP contribution in [0.2, 0.25) is 0 Å². The Balaban J connectivity index is 1.80. The molecule has 2 rings (SSSR count). The number of unbranched alkanes of at least 4 members (excludes halogenated alkanes) is 20. The van der Waals surface area contributed by atoms with Crippen molar-refractivity contribution in [3.8, 4) is 0 Å². The summed E-state index contributed by atoms with van der Waals surface area (Å²) in [5.74, 6) is -0.389. The van der Waals surface area contributed by atoms with E-state index in [0.717, 1.165) is 64.2 Å². The first-order chi connectivity index (χ1) is 30.1. The summed E-state index contributed by atoms with van der Waals surface area (Å²) in [4.78, 5) is 13.0. The summed E-state index contributed by atoms with van der Waals surface area (Å²) in [6.07, 6.45) is 20.9. The molecule has 62 heavy (non-hydrogen) atoms. The van der Waals surface area contributed by atoms with Crippen LogP contribution < -0.4 is 0 Å². The van der Waals surface area contributed by atoms with Crippen LogP contribution in [0.25, 0.3) is 0 Å². The number of hydrogen-bond donors (Lipinski definition) is 7. The Morgan fingerprint density at radius 3 is 1.58 bits per heavy atom. The van der Waals surface area contributed by atoms with Gasteiger partial charge in [0.05, 0.1) is 26.4 Å². The van der Waals surface area contributed by atoms with E-state index in [-0.39, 0.29) is 25.6 Å². The Morgan fingerprint density at radius 2 is 1.00 bits per heavy atom. The van der Waals surface area contributed by atoms with Crippen molar-refractivity contribution in [2.45, 2.75) is 242 Å². The van der Waals surface area contributed by atoms with Crippen molar-refractivity contribution in [1.29, 1.82) is 0 Å². The van der Waals surface area contributed by atoms with Gasteiger partial charge in [0.2, 0.25) is 0 Å². The Morgan fingerprint density at radius 1 is 0.532 bits per heavy atom. The fourth-order valence-electron chi connectivity index (χ4n) is 7.67. The second kappa shape index (κ2) is 36.7. The molecule has 7 N–H and O–H groups in total. The highest BCUT2D eigenvalue weighted by Gasteiger charge is 2.47. The molecule has 364 valence electrons. The van der Waals surface area contributed by atoms with Gasteiger partial charge < -0.3 is 64.2 Å². The predicted octanol–water partition coefficient (Wildman–Crippen LogP) is 6.46. The number of hydrogen-bond acceptors (Lipinski definition) is 14. The molecule has 11 unspecified atom stereocenters. The Kier molecular flexibility index (Phi) is 33.5. The van der Waals surface area contributed by atoms with Crippen LogP contribution in [0.4, 0.5) is 0 Å². The first-order valence-electron chi connectivity index (χ1n) is 24.4. The summed E-state index contributed by atoms with van der Waals surface area (Å²) in [5, 5.41) is 72.0. The lowest BCUT2D eigenvalue weighted by molar-refractivity contribution is -0.332. The van der Waals surface area contributed by atoms with Crippen LogP contribution in [0.15, 0.2) is 24.3 Å². The molecule has 0 saturated carbocycles. The summed E-state index contributed by atoms with van der Waals surface area (Å²) in [6.45, 7) is 3.65. The summed E-state index contributed by atoms with van der Waals surface area (Å²) in [7, 11) is 0. The average molecular weight is 889 g/mol. The molecule has 0 aliphatic carbocycles. The number of carbonyl (C=O) groups is 1. The van der Waals surface area contributed by atoms with Crippen LogP contribution in [-0.2, 0) is 33.2 Å². The van der Waals surface area contributed by atoms with Gasteiger partial charge in [-0.2, -0.15) is 0 Å². The maximum Gasteiger partial charge on any atom is 0.306 e. The van der Waals surface area contributed by atoms with Crippen molar-refractivity contribution >= 4 is 5.97 Å². The molecular formula is C48H88O14. The van der Waals surface area contributed by atoms with Crippen LogP contribution >= 0.6 is 0 Å². The molecular weight excluding hydrogens is 801 g/mol. The van der Waals surface area contributed by atoms with Gasteiger partial charge in [0.25, 0.3) is 0 Å². The molecule has 0 amide bonds. The normalized spacial score (nSPS) is 27.4. The van der Waals surface area contributed by atoms with E-state index in [1.54, 1.807) is 0 Å². The second-order valence-electron chi connectivity index (χ2n) is 17.3. The molecule has 2 fully saturated rings. The number of allylic oxidation sites excluding steroid dienone is 4. The molecule has 11 atom stereocenters. The highest BCUT2D eigenvalue weighted by Crippen LogP contribution is 2.26. The zero-order valence-electron chi connectivity index (χ0n) is 38.4. The van der Waals surface area contributed by atoms with Gasteiger partial charge in [0.1, 0.15) is 54.9 Å². The Labute approximate surface area is 373 Å². The van der Waals surface area contributed by atoms with E-state index >= 15 is 0 Å². The van der Waals surface area contributed by atoms with Gasteiger partial charge in [-0.15, -0.1) is 0 Å². The molecule has 0 aromatic rings. The third-order valence-electron chi connectivity index (χ3n) is 11.7. The van der Waals surface area contributed by atoms with Crippen LogP contribution in [0.5, 0.6) is 0 Å². The number of ether oxygens (including phenoxy) is 6. The lowest BCUT2D eigenvalue weighted by atomic mass is 9.98. The van der Waals surface area contributed by atoms with Crippen molar-refractivity contribution in [2.75, 3.05) is 33.0 Å². The van der Waals surface area contributed by atoms with Crippen molar-refractivity contribution < 1.29 is 69.0 Å². The Bertz CT molecular complexity index is 1120. The fraction of sp³-hybridized carbons (Fsp3) is 0.896. The number of esters is 1. The number of carbonyl (C=O) groups excluding carboxylic acids is 1. The SMILES string of the molecule is CCCCC/C=C\C/C=C\CCCCCCCC(=O)OC(COCCCCCCCCCCCCCCC)COC1OC(COC2OC(CO)C(O)C(O)C2O)C(O)C(O)C1O. The maximum atomic E-state index is 13.0. The van der Waals surface area contributed by atoms with E-state index in [1.807, 2.05) is 0 Å². The molecule has 2 aliphatic heterocycles. The molecule has 2 saturated heterocycles. The standard InChI is InChI=1S/C48H88O14/c1-3-5-7-9-11-13-15-17-18-19-21-23-25-27-29-31-40(50)60-37(34-57-32-30-28-26-24-22-20-16-14-12-10-8-6-4-2)35-58-47-46(56)44(54)42(52)39(62-47)36-59-48-45(55)43(53)41(51)38(33-49)61-48/h11,13,17-18,37-39,41-49,51-56H,3-10,12,14-16,19-36H2,1-2H3/b13-11-,18-17-. The van der Waals surface area contributed by atoms with Crippen molar-refractivity contribution in [3.63, 3.8) is 0 Å². The van der Waals surface area contributed by atoms with Crippen LogP contribution in [-0.4, -0.2) is 142 Å². The molecule has 0 bridgehead atoms. The average Bonchev–Trinajstić information content (AvgIpc) is 3.27. The Hall–Kier alpha value is -1.53. The number of rotatable bonds is 38. The van der Waals surface area contributed by atoms with Crippen LogP contribution in [0.3, 0.4) is 0 Å². The van der Waals surface area contributed by atoms with Crippen molar-refractivity contribution in [1.82, 2.24) is 0 Å². The highest BCUT2D eigenvalue weighted by atomic mass is 16.7. The number of aliphatic hydroxyl groups is 7. The number of aliphatic hydroxyl groups excluding tert-OH is 7. The molecule has 2 aliphatic rings. The van der Waals surface area contributed by atoms with Gasteiger partial charge in [-0.25, -0.2) is 0 Å². The summed E-state index contributed by atoms with van der Waals surface area (Å²) in [6, 6.07) is 0. The van der Waals surface area contributed by atoms with E-state index in [2.05, 4.69) is 38.2 Å². The summed E-state index contributed by atoms with van der Waals surface area (Å²) in [5.41, 5.74) is 0. The lowest BCUT2D eigenvalue weighted by Gasteiger charge is -2.42. The maximum absolute atomic E-state index is 13.0. The molecule has 14 nitrogen and oxygen atoms in total. The molecule has 0 radical (unpaired) electrons. The van der Waals surface area contributed by atoms with Gasteiger partial charge in [-0.05, 0) is 44.9 Å². The quantitative estimate of drug-likeness (QED) is 0.0202. The van der Waals surface area contributed by atoms with Gasteiger partial charge in [0, 0.05) is 13.0 Å². The predicted molar refractivity (Wildman–Crippen MR) is 238 cm³/mol. The molecule has 14 heteroatoms. The molecule has 0 spiro atoms. The molecule has 0 aromatic heterocycles. The third kappa shape index (κ3) is 24.7. The minimum atomic E-state index is -1.71. The largest absolute Gasteiger partial charge is 0.457 e. The smallest absolute Gasteiger partial charge is 0.306 e. The second-order valence-corrected chi connectivity index (χ2v) is 17.3. The lowest BCUT2D eigenvalue weighted by Crippen LogP contribution is -2.61. The zero-order chi connectivity index (χ0) is 45.2. The van der Waals surface area contributed by atoms with Gasteiger partial charge >= 0.3 is 5.97 Å². The van der Waals surface area contributed by atoms with Crippen molar-refractivity contribution in [3.05, 3.63) is 24.3 Å². The zero-order valence-corrected chi connectivity index (χ0v) is 38.4. The van der Waals surface area contributed by atoms with E-state index < -0.39 is 80.7 Å². The van der Waals surface area contributed by atoms with Crippen molar-refractivity contribution in [2.24, 2.45) is 0 Å². The molecule has 2 heterocycles. The first kappa shape index (κ1) is 56.6. The monoisotopic (exact) mass is 889 g/mol. The van der Waals surface area contributed by atoms with Crippen LogP contribution in [0.1, 0.15) is 174 Å². The van der Waals surface area contributed by atoms with E-state index in [9.17, 15) is 40.5 Å². The van der Waals surface area contributed by atoms with E-state index in [1.165, 1.54) is 83.5 Å². The minimum absolute atomic E-state index is 0.0593. The van der Waals surface area contributed by atoms with Gasteiger partial charge in [0.15, 0.2) is 12.6 Å². The van der Waals surface area contributed by atoms with Crippen LogP contribution in [0, 0.1) is 0 Å². The topological polar surface area (TPSA) is 214 Å². The summed E-state index contributed by atoms with van der Waals surface area (Å²) >= 11 is 0. The minimum Gasteiger partial charge on any atom is -0.457 e. The van der Waals surface area contributed by atoms with E-state index in [4.69, 9.17) is 28.4 Å². The fourth-order valence-corrected chi connectivity index (χ4v) is 7.67. The summed E-state index contributed by atoms with van der Waals surface area (Å²) < 4.78 is 34.2. The first-order valence-corrected chi connectivity index (χ1v) is 24.4. The van der Waals surface area contributed by atoms with E-state index in [0.29, 0.717) is 13.0 Å². The third-order valence-corrected chi connectivity index (χ3v) is 11.7. The highest BCUT2D eigenvalue weighted by molar-refractivity contribution is 5.69. The van der Waals surface area contributed by atoms with Gasteiger partial charge in [-0.1, -0.05) is 147 Å². The van der Waals surface area contributed by atoms with Gasteiger partial charge in [-0.3, -0.25) is 4.79 Å².